The lowest BCUT2D eigenvalue weighted by Crippen LogP contribution is -2.11. The molecule has 0 amide bonds. The summed E-state index contributed by atoms with van der Waals surface area (Å²) >= 11 is 0. The Bertz CT molecular complexity index is 2900. The lowest BCUT2D eigenvalue weighted by molar-refractivity contribution is 0.623. The van der Waals surface area contributed by atoms with Gasteiger partial charge in [-0.2, -0.15) is 0 Å². The fourth-order valence-electron chi connectivity index (χ4n) is 7.59. The van der Waals surface area contributed by atoms with Crippen LogP contribution >= 0.6 is 0 Å². The molecule has 10 rings (SSSR count). The maximum Gasteiger partial charge on any atom is 0.227 e. The van der Waals surface area contributed by atoms with Gasteiger partial charge in [-0.05, 0) is 86.8 Å². The van der Waals surface area contributed by atoms with E-state index in [4.69, 9.17) is 9.40 Å². The Balaban J connectivity index is 1.20. The van der Waals surface area contributed by atoms with Crippen LogP contribution in [0, 0.1) is 0 Å². The van der Waals surface area contributed by atoms with Crippen molar-refractivity contribution in [1.82, 2.24) is 4.98 Å². The Labute approximate surface area is 301 Å². The molecule has 0 saturated carbocycles. The van der Waals surface area contributed by atoms with E-state index < -0.39 is 0 Å². The standard InChI is InChI=1S/C49H32N2O/c1-4-13-33(14-5-1)38-19-12-20-40(31-38)51(45-22-11-10-21-42(45)34-15-6-2-7-16-34)41-28-29-43-39(32-41)26-25-35-23-24-36-27-30-44-48(47(36)46(35)43)52-49(50-44)37-17-8-3-9-18-37/h1-32H. The minimum absolute atomic E-state index is 0.632. The van der Waals surface area contributed by atoms with Gasteiger partial charge in [-0.1, -0.05) is 146 Å². The number of hydrogen-bond donors (Lipinski definition) is 0. The third kappa shape index (κ3) is 5.10. The number of rotatable bonds is 6. The largest absolute Gasteiger partial charge is 0.435 e. The highest BCUT2D eigenvalue weighted by Gasteiger charge is 2.20. The lowest BCUT2D eigenvalue weighted by atomic mass is 9.95. The smallest absolute Gasteiger partial charge is 0.227 e. The Morgan fingerprint density at radius 2 is 1.00 bits per heavy atom. The van der Waals surface area contributed by atoms with Gasteiger partial charge in [0, 0.05) is 33.3 Å². The first-order valence-electron chi connectivity index (χ1n) is 17.6. The predicted molar refractivity (Wildman–Crippen MR) is 218 cm³/mol. The van der Waals surface area contributed by atoms with Crippen LogP contribution in [0.3, 0.4) is 0 Å². The average Bonchev–Trinajstić information content (AvgIpc) is 3.67. The summed E-state index contributed by atoms with van der Waals surface area (Å²) in [7, 11) is 0. The van der Waals surface area contributed by atoms with Gasteiger partial charge < -0.3 is 9.32 Å². The summed E-state index contributed by atoms with van der Waals surface area (Å²) < 4.78 is 6.59. The molecule has 3 heteroatoms. The van der Waals surface area contributed by atoms with Gasteiger partial charge in [-0.25, -0.2) is 4.98 Å². The average molecular weight is 665 g/mol. The van der Waals surface area contributed by atoms with Crippen LogP contribution in [0.15, 0.2) is 199 Å². The minimum Gasteiger partial charge on any atom is -0.435 e. The first-order chi connectivity index (χ1) is 25.8. The topological polar surface area (TPSA) is 29.3 Å². The van der Waals surface area contributed by atoms with Crippen LogP contribution in [-0.2, 0) is 0 Å². The number of nitrogens with zero attached hydrogens (tertiary/aromatic N) is 2. The van der Waals surface area contributed by atoms with Crippen molar-refractivity contribution in [3.63, 3.8) is 0 Å². The number of anilines is 3. The number of benzene rings is 9. The zero-order valence-electron chi connectivity index (χ0n) is 28.3. The van der Waals surface area contributed by atoms with Crippen LogP contribution < -0.4 is 4.90 Å². The van der Waals surface area contributed by atoms with Gasteiger partial charge in [0.15, 0.2) is 5.58 Å². The van der Waals surface area contributed by atoms with E-state index in [0.717, 1.165) is 49.9 Å². The molecule has 0 atom stereocenters. The van der Waals surface area contributed by atoms with Crippen LogP contribution in [0.2, 0.25) is 0 Å². The van der Waals surface area contributed by atoms with Gasteiger partial charge in [0.25, 0.3) is 0 Å². The summed E-state index contributed by atoms with van der Waals surface area (Å²) in [5, 5.41) is 6.88. The molecule has 3 nitrogen and oxygen atoms in total. The molecular formula is C49H32N2O. The fraction of sp³-hybridized carbons (Fsp3) is 0. The third-order valence-corrected chi connectivity index (χ3v) is 10.0. The minimum atomic E-state index is 0.632. The van der Waals surface area contributed by atoms with E-state index >= 15 is 0 Å². The van der Waals surface area contributed by atoms with Crippen LogP contribution in [0.1, 0.15) is 0 Å². The van der Waals surface area contributed by atoms with Crippen LogP contribution in [-0.4, -0.2) is 4.98 Å². The number of para-hydroxylation sites is 1. The first kappa shape index (κ1) is 29.9. The van der Waals surface area contributed by atoms with E-state index in [1.165, 1.54) is 38.4 Å². The van der Waals surface area contributed by atoms with Gasteiger partial charge in [0.2, 0.25) is 5.89 Å². The monoisotopic (exact) mass is 664 g/mol. The van der Waals surface area contributed by atoms with Gasteiger partial charge in [-0.3, -0.25) is 0 Å². The molecule has 0 saturated heterocycles. The molecule has 0 bridgehead atoms. The zero-order valence-corrected chi connectivity index (χ0v) is 28.3. The van der Waals surface area contributed by atoms with Gasteiger partial charge >= 0.3 is 0 Å². The van der Waals surface area contributed by atoms with E-state index in [1.807, 2.05) is 30.3 Å². The number of fused-ring (bicyclic) bond motifs is 7. The summed E-state index contributed by atoms with van der Waals surface area (Å²) in [6.45, 7) is 0. The lowest BCUT2D eigenvalue weighted by Gasteiger charge is -2.28. The Hall–Kier alpha value is -6.97. The van der Waals surface area contributed by atoms with Crippen molar-refractivity contribution in [3.8, 4) is 33.7 Å². The van der Waals surface area contributed by atoms with Crippen molar-refractivity contribution in [2.75, 3.05) is 4.90 Å². The molecule has 0 radical (unpaired) electrons. The van der Waals surface area contributed by atoms with Gasteiger partial charge in [0.05, 0.1) is 5.69 Å². The molecule has 0 aliphatic carbocycles. The second kappa shape index (κ2) is 12.4. The molecule has 1 aromatic heterocycles. The summed E-state index contributed by atoms with van der Waals surface area (Å²) in [6.07, 6.45) is 0. The molecule has 1 heterocycles. The maximum atomic E-state index is 6.59. The van der Waals surface area contributed by atoms with Gasteiger partial charge in [-0.15, -0.1) is 0 Å². The number of hydrogen-bond acceptors (Lipinski definition) is 3. The third-order valence-electron chi connectivity index (χ3n) is 10.0. The Morgan fingerprint density at radius 3 is 1.77 bits per heavy atom. The summed E-state index contributed by atoms with van der Waals surface area (Å²) in [4.78, 5) is 7.30. The summed E-state index contributed by atoms with van der Waals surface area (Å²) in [6, 6.07) is 68.8. The molecule has 52 heavy (non-hydrogen) atoms. The highest BCUT2D eigenvalue weighted by molar-refractivity contribution is 6.26. The zero-order chi connectivity index (χ0) is 34.4. The first-order valence-corrected chi connectivity index (χ1v) is 17.6. The quantitative estimate of drug-likeness (QED) is 0.166. The number of aromatic nitrogens is 1. The molecule has 0 unspecified atom stereocenters. The van der Waals surface area contributed by atoms with E-state index in [1.54, 1.807) is 0 Å². The molecule has 244 valence electrons. The van der Waals surface area contributed by atoms with Crippen molar-refractivity contribution < 1.29 is 4.42 Å². The molecule has 0 N–H and O–H groups in total. The Morgan fingerprint density at radius 1 is 0.404 bits per heavy atom. The predicted octanol–water partition coefficient (Wildman–Crippen LogP) is 13.8. The molecule has 0 spiro atoms. The van der Waals surface area contributed by atoms with Crippen molar-refractivity contribution in [2.24, 2.45) is 0 Å². The normalized spacial score (nSPS) is 11.5. The van der Waals surface area contributed by atoms with Crippen molar-refractivity contribution >= 4 is 60.5 Å². The SMILES string of the molecule is c1ccc(-c2cccc(N(c3ccc4c(ccc5ccc6ccc7nc(-c8ccccc8)oc7c6c54)c3)c3ccccc3-c3ccccc3)c2)cc1. The van der Waals surface area contributed by atoms with Crippen LogP contribution in [0.5, 0.6) is 0 Å². The molecule has 9 aromatic carbocycles. The molecule has 0 aliphatic rings. The second-order valence-corrected chi connectivity index (χ2v) is 13.2. The fourth-order valence-corrected chi connectivity index (χ4v) is 7.59. The van der Waals surface area contributed by atoms with Crippen molar-refractivity contribution in [2.45, 2.75) is 0 Å². The molecule has 0 fully saturated rings. The van der Waals surface area contributed by atoms with E-state index in [0.29, 0.717) is 5.89 Å². The molecular weight excluding hydrogens is 633 g/mol. The highest BCUT2D eigenvalue weighted by Crippen LogP contribution is 2.44. The van der Waals surface area contributed by atoms with E-state index in [-0.39, 0.29) is 0 Å². The van der Waals surface area contributed by atoms with Crippen molar-refractivity contribution in [3.05, 3.63) is 194 Å². The molecule has 0 aliphatic heterocycles. The summed E-state index contributed by atoms with van der Waals surface area (Å²) in [5.41, 5.74) is 10.6. The number of oxazole rings is 1. The van der Waals surface area contributed by atoms with Gasteiger partial charge in [0.1, 0.15) is 5.52 Å². The summed E-state index contributed by atoms with van der Waals surface area (Å²) in [5.74, 6) is 0.632. The Kier molecular flexibility index (Phi) is 7.14. The maximum absolute atomic E-state index is 6.59. The van der Waals surface area contributed by atoms with Crippen LogP contribution in [0.25, 0.3) is 77.1 Å². The van der Waals surface area contributed by atoms with Crippen LogP contribution in [0.4, 0.5) is 17.1 Å². The molecule has 10 aromatic rings. The van der Waals surface area contributed by atoms with E-state index in [9.17, 15) is 0 Å². The highest BCUT2D eigenvalue weighted by atomic mass is 16.3. The second-order valence-electron chi connectivity index (χ2n) is 13.2. The van der Waals surface area contributed by atoms with Crippen molar-refractivity contribution in [1.29, 1.82) is 0 Å². The van der Waals surface area contributed by atoms with E-state index in [2.05, 4.69) is 169 Å².